The Morgan fingerprint density at radius 2 is 1.63 bits per heavy atom. The van der Waals surface area contributed by atoms with Crippen LogP contribution in [0.5, 0.6) is 0 Å². The Hall–Kier alpha value is -1.78. The number of carbonyl (C=O) groups excluding carboxylic acids is 2. The number of hydrogen-bond donors (Lipinski definition) is 2. The van der Waals surface area contributed by atoms with Crippen LogP contribution in [0.15, 0.2) is 32.9 Å². The maximum Gasteiger partial charge on any atom is 0.234 e. The van der Waals surface area contributed by atoms with Gasteiger partial charge in [0.1, 0.15) is 0 Å². The van der Waals surface area contributed by atoms with Crippen LogP contribution in [0.25, 0.3) is 0 Å². The van der Waals surface area contributed by atoms with Crippen LogP contribution in [0.1, 0.15) is 32.6 Å². The van der Waals surface area contributed by atoms with E-state index in [-0.39, 0.29) is 17.6 Å². The predicted molar refractivity (Wildman–Crippen MR) is 126 cm³/mol. The Morgan fingerprint density at radius 1 is 1.00 bits per heavy atom. The van der Waals surface area contributed by atoms with Crippen molar-refractivity contribution in [2.75, 3.05) is 41.4 Å². The third-order valence-corrected chi connectivity index (χ3v) is 7.68. The SMILES string of the molecule is CCCNC(=O)CSc1nnc(SCC(=O)Nc2ccc(N3CCCCC3)cc2)s1. The lowest BCUT2D eigenvalue weighted by Crippen LogP contribution is -2.29. The third kappa shape index (κ3) is 7.48. The van der Waals surface area contributed by atoms with Gasteiger partial charge in [0.05, 0.1) is 11.5 Å². The lowest BCUT2D eigenvalue weighted by molar-refractivity contribution is -0.118. The van der Waals surface area contributed by atoms with Crippen LogP contribution in [0.4, 0.5) is 11.4 Å². The van der Waals surface area contributed by atoms with Gasteiger partial charge >= 0.3 is 0 Å². The first-order chi connectivity index (χ1) is 14.6. The van der Waals surface area contributed by atoms with Gasteiger partial charge < -0.3 is 15.5 Å². The molecule has 2 heterocycles. The Bertz CT molecular complexity index is 822. The standard InChI is InChI=1S/C20H27N5O2S3/c1-2-10-21-17(26)13-28-19-23-24-20(30-19)29-14-18(27)22-15-6-8-16(9-7-15)25-11-4-3-5-12-25/h6-9H,2-5,10-14H2,1H3,(H,21,26)(H,22,27). The number of hydrogen-bond acceptors (Lipinski definition) is 8. The summed E-state index contributed by atoms with van der Waals surface area (Å²) in [6.07, 6.45) is 4.72. The number of thioether (sulfide) groups is 2. The van der Waals surface area contributed by atoms with Crippen molar-refractivity contribution in [1.82, 2.24) is 15.5 Å². The summed E-state index contributed by atoms with van der Waals surface area (Å²) in [6.45, 7) is 4.91. The molecule has 0 saturated carbocycles. The van der Waals surface area contributed by atoms with Crippen LogP contribution in [0, 0.1) is 0 Å². The van der Waals surface area contributed by atoms with Crippen molar-refractivity contribution in [3.8, 4) is 0 Å². The number of benzene rings is 1. The molecule has 1 aromatic heterocycles. The minimum absolute atomic E-state index is 0.00284. The first-order valence-electron chi connectivity index (χ1n) is 10.1. The molecule has 1 aliphatic rings. The van der Waals surface area contributed by atoms with E-state index in [9.17, 15) is 9.59 Å². The van der Waals surface area contributed by atoms with Crippen LogP contribution < -0.4 is 15.5 Å². The Balaban J connectivity index is 1.39. The van der Waals surface area contributed by atoms with Gasteiger partial charge in [-0.2, -0.15) is 0 Å². The van der Waals surface area contributed by atoms with Crippen molar-refractivity contribution in [3.05, 3.63) is 24.3 Å². The third-order valence-electron chi connectivity index (χ3n) is 4.49. The summed E-state index contributed by atoms with van der Waals surface area (Å²) < 4.78 is 1.46. The summed E-state index contributed by atoms with van der Waals surface area (Å²) in [5.41, 5.74) is 2.01. The number of nitrogens with one attached hydrogen (secondary N) is 2. The lowest BCUT2D eigenvalue weighted by atomic mass is 10.1. The Kier molecular flexibility index (Phi) is 9.28. The van der Waals surface area contributed by atoms with Gasteiger partial charge in [0.15, 0.2) is 8.68 Å². The fraction of sp³-hybridized carbons (Fsp3) is 0.500. The van der Waals surface area contributed by atoms with Crippen LogP contribution >= 0.6 is 34.9 Å². The highest BCUT2D eigenvalue weighted by Crippen LogP contribution is 2.29. The largest absolute Gasteiger partial charge is 0.372 e. The molecule has 1 saturated heterocycles. The molecule has 0 spiro atoms. The highest BCUT2D eigenvalue weighted by molar-refractivity contribution is 8.03. The summed E-state index contributed by atoms with van der Waals surface area (Å²) in [7, 11) is 0. The number of piperidine rings is 1. The molecule has 3 rings (SSSR count). The molecule has 1 fully saturated rings. The molecule has 2 aromatic rings. The quantitative estimate of drug-likeness (QED) is 0.515. The average molecular weight is 466 g/mol. The summed E-state index contributed by atoms with van der Waals surface area (Å²) in [6, 6.07) is 8.05. The van der Waals surface area contributed by atoms with Gasteiger partial charge in [-0.1, -0.05) is 41.8 Å². The Morgan fingerprint density at radius 3 is 2.27 bits per heavy atom. The van der Waals surface area contributed by atoms with Crippen molar-refractivity contribution >= 4 is 58.0 Å². The second-order valence-corrected chi connectivity index (χ2v) is 10.3. The van der Waals surface area contributed by atoms with E-state index < -0.39 is 0 Å². The minimum Gasteiger partial charge on any atom is -0.372 e. The van der Waals surface area contributed by atoms with Crippen molar-refractivity contribution in [1.29, 1.82) is 0 Å². The van der Waals surface area contributed by atoms with Gasteiger partial charge in [-0.25, -0.2) is 0 Å². The molecular weight excluding hydrogens is 438 g/mol. The van der Waals surface area contributed by atoms with Crippen LogP contribution in [-0.4, -0.2) is 53.2 Å². The maximum atomic E-state index is 12.3. The average Bonchev–Trinajstić information content (AvgIpc) is 3.24. The Labute approximate surface area is 189 Å². The molecule has 2 amide bonds. The number of amides is 2. The van der Waals surface area contributed by atoms with Gasteiger partial charge in [0.2, 0.25) is 11.8 Å². The monoisotopic (exact) mass is 465 g/mol. The number of anilines is 2. The van der Waals surface area contributed by atoms with E-state index in [0.29, 0.717) is 12.3 Å². The number of aromatic nitrogens is 2. The zero-order chi connectivity index (χ0) is 21.2. The van der Waals surface area contributed by atoms with E-state index in [4.69, 9.17) is 0 Å². The van der Waals surface area contributed by atoms with Gasteiger partial charge in [0, 0.05) is 31.0 Å². The lowest BCUT2D eigenvalue weighted by Gasteiger charge is -2.28. The fourth-order valence-corrected chi connectivity index (χ4v) is 5.64. The van der Waals surface area contributed by atoms with Crippen LogP contribution in [-0.2, 0) is 9.59 Å². The van der Waals surface area contributed by atoms with Gasteiger partial charge in [-0.05, 0) is 49.9 Å². The van der Waals surface area contributed by atoms with E-state index >= 15 is 0 Å². The van der Waals surface area contributed by atoms with E-state index in [0.717, 1.165) is 33.9 Å². The molecule has 0 radical (unpaired) electrons. The normalized spacial score (nSPS) is 13.8. The maximum absolute atomic E-state index is 12.3. The second-order valence-electron chi connectivity index (χ2n) is 6.90. The number of carbonyl (C=O) groups is 2. The molecular formula is C20H27N5O2S3. The topological polar surface area (TPSA) is 87.2 Å². The molecule has 0 unspecified atom stereocenters. The molecule has 1 aliphatic heterocycles. The minimum atomic E-state index is -0.0749. The van der Waals surface area contributed by atoms with Gasteiger partial charge in [-0.15, -0.1) is 10.2 Å². The summed E-state index contributed by atoms with van der Waals surface area (Å²) in [5.74, 6) is 0.517. The van der Waals surface area contributed by atoms with Crippen LogP contribution in [0.3, 0.4) is 0 Å². The first kappa shape index (κ1) is 22.9. The van der Waals surface area contributed by atoms with Crippen LogP contribution in [0.2, 0.25) is 0 Å². The summed E-state index contributed by atoms with van der Waals surface area (Å²) in [4.78, 5) is 26.3. The summed E-state index contributed by atoms with van der Waals surface area (Å²) >= 11 is 4.12. The van der Waals surface area contributed by atoms with E-state index in [1.807, 2.05) is 19.1 Å². The zero-order valence-corrected chi connectivity index (χ0v) is 19.5. The molecule has 2 N–H and O–H groups in total. The molecule has 30 heavy (non-hydrogen) atoms. The highest BCUT2D eigenvalue weighted by Gasteiger charge is 2.12. The van der Waals surface area contributed by atoms with Crippen molar-refractivity contribution < 1.29 is 9.59 Å². The fourth-order valence-electron chi connectivity index (χ4n) is 2.99. The molecule has 10 heteroatoms. The van der Waals surface area contributed by atoms with Gasteiger partial charge in [0.25, 0.3) is 0 Å². The second kappa shape index (κ2) is 12.2. The van der Waals surface area contributed by atoms with E-state index in [1.54, 1.807) is 0 Å². The highest BCUT2D eigenvalue weighted by atomic mass is 32.2. The summed E-state index contributed by atoms with van der Waals surface area (Å²) in [5, 5.41) is 13.9. The molecule has 0 bridgehead atoms. The van der Waals surface area contributed by atoms with Crippen molar-refractivity contribution in [3.63, 3.8) is 0 Å². The first-order valence-corrected chi connectivity index (χ1v) is 12.9. The number of rotatable bonds is 10. The molecule has 162 valence electrons. The predicted octanol–water partition coefficient (Wildman–Crippen LogP) is 3.88. The zero-order valence-electron chi connectivity index (χ0n) is 17.1. The van der Waals surface area contributed by atoms with E-state index in [1.165, 1.54) is 59.8 Å². The van der Waals surface area contributed by atoms with E-state index in [2.05, 4.69) is 37.9 Å². The van der Waals surface area contributed by atoms with Gasteiger partial charge in [-0.3, -0.25) is 9.59 Å². The van der Waals surface area contributed by atoms with Crippen molar-refractivity contribution in [2.45, 2.75) is 41.3 Å². The molecule has 7 nitrogen and oxygen atoms in total. The number of nitrogens with zero attached hydrogens (tertiary/aromatic N) is 3. The molecule has 1 aromatic carbocycles. The molecule has 0 aliphatic carbocycles. The molecule has 0 atom stereocenters. The van der Waals surface area contributed by atoms with Crippen molar-refractivity contribution in [2.24, 2.45) is 0 Å². The smallest absolute Gasteiger partial charge is 0.234 e.